The minimum absolute atomic E-state index is 0.852. The zero-order valence-corrected chi connectivity index (χ0v) is 10.3. The van der Waals surface area contributed by atoms with E-state index in [9.17, 15) is 0 Å². The molecule has 0 aromatic carbocycles. The van der Waals surface area contributed by atoms with Crippen LogP contribution in [0.3, 0.4) is 0 Å². The van der Waals surface area contributed by atoms with Gasteiger partial charge in [0, 0.05) is 0 Å². The maximum absolute atomic E-state index is 2.43. The van der Waals surface area contributed by atoms with Crippen molar-refractivity contribution in [2.45, 2.75) is 53.4 Å². The molecule has 0 heteroatoms. The Morgan fingerprint density at radius 1 is 0.929 bits per heavy atom. The van der Waals surface area contributed by atoms with Crippen LogP contribution in [-0.2, 0) is 0 Å². The van der Waals surface area contributed by atoms with Gasteiger partial charge in [0.15, 0.2) is 0 Å². The van der Waals surface area contributed by atoms with Crippen molar-refractivity contribution in [1.29, 1.82) is 0 Å². The maximum Gasteiger partial charge on any atom is -0.0231 e. The first-order valence-corrected chi connectivity index (χ1v) is 6.26. The fourth-order valence-corrected chi connectivity index (χ4v) is 2.81. The molecule has 4 atom stereocenters. The molecule has 1 rings (SSSR count). The average molecular weight is 194 g/mol. The van der Waals surface area contributed by atoms with Crippen LogP contribution in [0.15, 0.2) is 12.2 Å². The van der Waals surface area contributed by atoms with Crippen molar-refractivity contribution < 1.29 is 0 Å². The first-order chi connectivity index (χ1) is 6.63. The van der Waals surface area contributed by atoms with Gasteiger partial charge in [-0.2, -0.15) is 0 Å². The zero-order chi connectivity index (χ0) is 10.6. The molecule has 4 unspecified atom stereocenters. The second-order valence-corrected chi connectivity index (χ2v) is 5.39. The molecule has 0 radical (unpaired) electrons. The van der Waals surface area contributed by atoms with Crippen molar-refractivity contribution in [3.05, 3.63) is 12.2 Å². The van der Waals surface area contributed by atoms with Crippen molar-refractivity contribution >= 4 is 0 Å². The van der Waals surface area contributed by atoms with E-state index in [4.69, 9.17) is 0 Å². The monoisotopic (exact) mass is 194 g/mol. The Morgan fingerprint density at radius 2 is 1.64 bits per heavy atom. The number of hydrogen-bond acceptors (Lipinski definition) is 0. The van der Waals surface area contributed by atoms with Gasteiger partial charge < -0.3 is 0 Å². The van der Waals surface area contributed by atoms with Crippen LogP contribution in [0.4, 0.5) is 0 Å². The van der Waals surface area contributed by atoms with Crippen LogP contribution in [0.2, 0.25) is 0 Å². The summed E-state index contributed by atoms with van der Waals surface area (Å²) in [6, 6.07) is 0. The maximum atomic E-state index is 2.43. The van der Waals surface area contributed by atoms with Gasteiger partial charge in [-0.3, -0.25) is 0 Å². The molecular weight excluding hydrogens is 168 g/mol. The van der Waals surface area contributed by atoms with Crippen LogP contribution in [0.1, 0.15) is 53.4 Å². The summed E-state index contributed by atoms with van der Waals surface area (Å²) in [5, 5.41) is 0. The Labute approximate surface area is 89.8 Å². The Morgan fingerprint density at radius 3 is 2.29 bits per heavy atom. The summed E-state index contributed by atoms with van der Waals surface area (Å²) in [5.74, 6) is 3.61. The minimum Gasteiger partial charge on any atom is -0.0914 e. The number of allylic oxidation sites excluding steroid dienone is 2. The summed E-state index contributed by atoms with van der Waals surface area (Å²) < 4.78 is 0. The Kier molecular flexibility index (Phi) is 4.71. The SMILES string of the molecule is CC=CC1CCC(C)C(C)CC(C)C1. The van der Waals surface area contributed by atoms with E-state index >= 15 is 0 Å². The van der Waals surface area contributed by atoms with Gasteiger partial charge in [0.25, 0.3) is 0 Å². The second-order valence-electron chi connectivity index (χ2n) is 5.39. The largest absolute Gasteiger partial charge is 0.0914 e. The van der Waals surface area contributed by atoms with Crippen LogP contribution in [-0.4, -0.2) is 0 Å². The highest BCUT2D eigenvalue weighted by Crippen LogP contribution is 2.33. The van der Waals surface area contributed by atoms with Crippen LogP contribution >= 0.6 is 0 Å². The standard InChI is InChI=1S/C14H26/c1-5-6-14-8-7-12(3)13(4)9-11(2)10-14/h5-6,11-14H,7-10H2,1-4H3. The zero-order valence-electron chi connectivity index (χ0n) is 10.3. The van der Waals surface area contributed by atoms with Crippen molar-refractivity contribution in [1.82, 2.24) is 0 Å². The molecule has 0 aliphatic heterocycles. The summed E-state index contributed by atoms with van der Waals surface area (Å²) in [6.45, 7) is 9.42. The first kappa shape index (κ1) is 11.8. The lowest BCUT2D eigenvalue weighted by Crippen LogP contribution is -2.18. The third-order valence-electron chi connectivity index (χ3n) is 3.91. The van der Waals surface area contributed by atoms with Gasteiger partial charge >= 0.3 is 0 Å². The average Bonchev–Trinajstić information content (AvgIpc) is 2.12. The molecule has 82 valence electrons. The van der Waals surface area contributed by atoms with Gasteiger partial charge in [0.05, 0.1) is 0 Å². The number of hydrogen-bond donors (Lipinski definition) is 0. The highest BCUT2D eigenvalue weighted by molar-refractivity contribution is 4.88. The lowest BCUT2D eigenvalue weighted by atomic mass is 9.76. The smallest absolute Gasteiger partial charge is 0.0231 e. The fourth-order valence-electron chi connectivity index (χ4n) is 2.81. The lowest BCUT2D eigenvalue weighted by molar-refractivity contribution is 0.233. The molecule has 0 N–H and O–H groups in total. The van der Waals surface area contributed by atoms with Gasteiger partial charge in [-0.15, -0.1) is 0 Å². The first-order valence-electron chi connectivity index (χ1n) is 6.26. The molecule has 1 saturated carbocycles. The molecule has 0 aromatic rings. The molecule has 0 amide bonds. The summed E-state index contributed by atoms with van der Waals surface area (Å²) in [5.41, 5.74) is 0. The molecule has 0 spiro atoms. The van der Waals surface area contributed by atoms with E-state index in [2.05, 4.69) is 39.8 Å². The van der Waals surface area contributed by atoms with Gasteiger partial charge in [0.2, 0.25) is 0 Å². The third-order valence-corrected chi connectivity index (χ3v) is 3.91. The van der Waals surface area contributed by atoms with E-state index in [0.29, 0.717) is 0 Å². The van der Waals surface area contributed by atoms with E-state index in [-0.39, 0.29) is 0 Å². The van der Waals surface area contributed by atoms with Crippen LogP contribution < -0.4 is 0 Å². The van der Waals surface area contributed by atoms with Gasteiger partial charge in [-0.05, 0) is 56.3 Å². The van der Waals surface area contributed by atoms with Crippen molar-refractivity contribution in [3.63, 3.8) is 0 Å². The predicted molar refractivity (Wildman–Crippen MR) is 64.3 cm³/mol. The Hall–Kier alpha value is -0.260. The molecule has 0 heterocycles. The normalized spacial score (nSPS) is 40.9. The van der Waals surface area contributed by atoms with Crippen LogP contribution in [0.5, 0.6) is 0 Å². The molecule has 0 nitrogen and oxygen atoms in total. The van der Waals surface area contributed by atoms with Crippen LogP contribution in [0.25, 0.3) is 0 Å². The van der Waals surface area contributed by atoms with Crippen molar-refractivity contribution in [2.24, 2.45) is 23.7 Å². The molecule has 0 bridgehead atoms. The summed E-state index contributed by atoms with van der Waals surface area (Å²) in [7, 11) is 0. The van der Waals surface area contributed by atoms with E-state index in [1.54, 1.807) is 0 Å². The molecule has 1 aliphatic carbocycles. The molecule has 1 aliphatic rings. The summed E-state index contributed by atoms with van der Waals surface area (Å²) >= 11 is 0. The number of rotatable bonds is 1. The second kappa shape index (κ2) is 5.58. The van der Waals surface area contributed by atoms with Crippen molar-refractivity contribution in [2.75, 3.05) is 0 Å². The molecular formula is C14H26. The Balaban J connectivity index is 2.54. The summed E-state index contributed by atoms with van der Waals surface area (Å²) in [6.07, 6.45) is 10.3. The minimum atomic E-state index is 0.852. The highest BCUT2D eigenvalue weighted by Gasteiger charge is 2.21. The van der Waals surface area contributed by atoms with E-state index in [0.717, 1.165) is 23.7 Å². The van der Waals surface area contributed by atoms with E-state index in [1.165, 1.54) is 25.7 Å². The highest BCUT2D eigenvalue weighted by atomic mass is 14.3. The van der Waals surface area contributed by atoms with Crippen molar-refractivity contribution in [3.8, 4) is 0 Å². The molecule has 14 heavy (non-hydrogen) atoms. The predicted octanol–water partition coefficient (Wildman–Crippen LogP) is 4.66. The van der Waals surface area contributed by atoms with Gasteiger partial charge in [-0.1, -0.05) is 32.9 Å². The summed E-state index contributed by atoms with van der Waals surface area (Å²) in [4.78, 5) is 0. The van der Waals surface area contributed by atoms with E-state index in [1.807, 2.05) is 0 Å². The topological polar surface area (TPSA) is 0 Å². The molecule has 1 fully saturated rings. The fraction of sp³-hybridized carbons (Fsp3) is 0.857. The molecule has 0 saturated heterocycles. The lowest BCUT2D eigenvalue weighted by Gasteiger charge is -2.29. The van der Waals surface area contributed by atoms with Crippen LogP contribution in [0, 0.1) is 23.7 Å². The van der Waals surface area contributed by atoms with Gasteiger partial charge in [0.1, 0.15) is 0 Å². The van der Waals surface area contributed by atoms with E-state index < -0.39 is 0 Å². The quantitative estimate of drug-likeness (QED) is 0.532. The third kappa shape index (κ3) is 3.48. The Bertz CT molecular complexity index is 180. The van der Waals surface area contributed by atoms with Gasteiger partial charge in [-0.25, -0.2) is 0 Å². The molecule has 0 aromatic heterocycles.